The van der Waals surface area contributed by atoms with Crippen LogP contribution in [0.4, 0.5) is 5.69 Å². The topological polar surface area (TPSA) is 48.0 Å². The van der Waals surface area contributed by atoms with Gasteiger partial charge in [-0.3, -0.25) is 4.79 Å². The monoisotopic (exact) mass is 355 g/mol. The first-order valence-electron chi connectivity index (χ1n) is 8.21. The van der Waals surface area contributed by atoms with Crippen molar-refractivity contribution in [2.24, 2.45) is 0 Å². The molecule has 0 spiro atoms. The van der Waals surface area contributed by atoms with E-state index in [-0.39, 0.29) is 5.78 Å². The Labute approximate surface area is 154 Å². The van der Waals surface area contributed by atoms with Gasteiger partial charge in [0, 0.05) is 25.2 Å². The summed E-state index contributed by atoms with van der Waals surface area (Å²) in [4.78, 5) is 14.8. The smallest absolute Gasteiger partial charge is 0.188 e. The summed E-state index contributed by atoms with van der Waals surface area (Å²) in [6.07, 6.45) is 1.81. The number of hydrogen-bond donors (Lipinski definition) is 0. The SMILES string of the molecule is COc1ccc(OC)c(/C=C(\C)C(=O)c2ccc(OC)c(N(C)C)c2)c1. The standard InChI is InChI=1S/C21H25NO4/c1-14(11-16-12-17(24-4)8-10-19(16)25-5)21(23)15-7-9-20(26-6)18(13-15)22(2)3/h7-13H,1-6H3/b14-11+. The van der Waals surface area contributed by atoms with E-state index in [9.17, 15) is 4.79 Å². The molecule has 5 nitrogen and oxygen atoms in total. The van der Waals surface area contributed by atoms with Crippen molar-refractivity contribution in [3.05, 3.63) is 53.1 Å². The van der Waals surface area contributed by atoms with Gasteiger partial charge in [0.2, 0.25) is 0 Å². The lowest BCUT2D eigenvalue weighted by Crippen LogP contribution is -2.11. The molecule has 0 bridgehead atoms. The lowest BCUT2D eigenvalue weighted by atomic mass is 10.0. The van der Waals surface area contributed by atoms with Crippen LogP contribution in [0.1, 0.15) is 22.8 Å². The average Bonchev–Trinajstić information content (AvgIpc) is 2.66. The molecule has 0 fully saturated rings. The normalized spacial score (nSPS) is 11.1. The highest BCUT2D eigenvalue weighted by atomic mass is 16.5. The molecular formula is C21H25NO4. The van der Waals surface area contributed by atoms with Crippen molar-refractivity contribution < 1.29 is 19.0 Å². The molecule has 2 aromatic carbocycles. The number of anilines is 1. The molecule has 0 aliphatic heterocycles. The summed E-state index contributed by atoms with van der Waals surface area (Å²) in [5.41, 5.74) is 2.85. The molecule has 5 heteroatoms. The Balaban J connectivity index is 2.41. The molecule has 2 rings (SSSR count). The average molecular weight is 355 g/mol. The fraction of sp³-hybridized carbons (Fsp3) is 0.286. The second-order valence-corrected chi connectivity index (χ2v) is 6.05. The fourth-order valence-electron chi connectivity index (χ4n) is 2.66. The number of benzene rings is 2. The van der Waals surface area contributed by atoms with Crippen LogP contribution in [-0.2, 0) is 0 Å². The van der Waals surface area contributed by atoms with Crippen LogP contribution in [0, 0.1) is 0 Å². The first-order chi connectivity index (χ1) is 12.4. The molecular weight excluding hydrogens is 330 g/mol. The zero-order valence-electron chi connectivity index (χ0n) is 16.1. The third kappa shape index (κ3) is 4.17. The summed E-state index contributed by atoms with van der Waals surface area (Å²) in [5.74, 6) is 2.06. The van der Waals surface area contributed by atoms with Crippen molar-refractivity contribution in [2.45, 2.75) is 6.92 Å². The summed E-state index contributed by atoms with van der Waals surface area (Å²) in [7, 11) is 8.65. The first-order valence-corrected chi connectivity index (χ1v) is 8.21. The summed E-state index contributed by atoms with van der Waals surface area (Å²) in [6, 6.07) is 10.9. The maximum atomic E-state index is 12.9. The summed E-state index contributed by atoms with van der Waals surface area (Å²) < 4.78 is 16.0. The highest BCUT2D eigenvalue weighted by molar-refractivity contribution is 6.11. The van der Waals surface area contributed by atoms with Crippen LogP contribution in [0.15, 0.2) is 42.0 Å². The molecule has 0 saturated heterocycles. The second kappa shape index (κ2) is 8.43. The Bertz CT molecular complexity index is 825. The molecule has 0 aromatic heterocycles. The van der Waals surface area contributed by atoms with Crippen LogP contribution in [0.3, 0.4) is 0 Å². The van der Waals surface area contributed by atoms with Crippen LogP contribution >= 0.6 is 0 Å². The number of carbonyl (C=O) groups excluding carboxylic acids is 1. The lowest BCUT2D eigenvalue weighted by Gasteiger charge is -2.17. The Morgan fingerprint density at radius 3 is 2.15 bits per heavy atom. The predicted molar refractivity (Wildman–Crippen MR) is 105 cm³/mol. The second-order valence-electron chi connectivity index (χ2n) is 6.05. The van der Waals surface area contributed by atoms with Crippen LogP contribution in [0.2, 0.25) is 0 Å². The van der Waals surface area contributed by atoms with E-state index in [1.807, 2.05) is 55.4 Å². The predicted octanol–water partition coefficient (Wildman–Crippen LogP) is 4.06. The fourth-order valence-corrected chi connectivity index (χ4v) is 2.66. The van der Waals surface area contributed by atoms with Gasteiger partial charge in [-0.15, -0.1) is 0 Å². The van der Waals surface area contributed by atoms with Gasteiger partial charge >= 0.3 is 0 Å². The number of allylic oxidation sites excluding steroid dienone is 1. The van der Waals surface area contributed by atoms with Crippen molar-refractivity contribution >= 4 is 17.5 Å². The number of hydrogen-bond acceptors (Lipinski definition) is 5. The molecule has 0 aliphatic rings. The molecule has 0 radical (unpaired) electrons. The highest BCUT2D eigenvalue weighted by Crippen LogP contribution is 2.30. The van der Waals surface area contributed by atoms with Crippen molar-refractivity contribution in [3.63, 3.8) is 0 Å². The Hall–Kier alpha value is -2.95. The molecule has 0 N–H and O–H groups in total. The molecule has 2 aromatic rings. The first kappa shape index (κ1) is 19.4. The maximum absolute atomic E-state index is 12.9. The summed E-state index contributed by atoms with van der Waals surface area (Å²) in [6.45, 7) is 1.79. The van der Waals surface area contributed by atoms with Gasteiger partial charge in [-0.25, -0.2) is 0 Å². The largest absolute Gasteiger partial charge is 0.497 e. The minimum Gasteiger partial charge on any atom is -0.497 e. The number of rotatable bonds is 7. The van der Waals surface area contributed by atoms with E-state index in [1.54, 1.807) is 34.3 Å². The van der Waals surface area contributed by atoms with Crippen LogP contribution in [-0.4, -0.2) is 41.2 Å². The maximum Gasteiger partial charge on any atom is 0.188 e. The van der Waals surface area contributed by atoms with Crippen LogP contribution in [0.25, 0.3) is 6.08 Å². The molecule has 0 heterocycles. The quantitative estimate of drug-likeness (QED) is 0.554. The number of carbonyl (C=O) groups is 1. The Morgan fingerprint density at radius 1 is 0.923 bits per heavy atom. The van der Waals surface area contributed by atoms with E-state index < -0.39 is 0 Å². The molecule has 0 aliphatic carbocycles. The third-order valence-corrected chi connectivity index (χ3v) is 4.09. The Kier molecular flexibility index (Phi) is 6.28. The van der Waals surface area contributed by atoms with Crippen LogP contribution in [0.5, 0.6) is 17.2 Å². The third-order valence-electron chi connectivity index (χ3n) is 4.09. The van der Waals surface area contributed by atoms with E-state index in [1.165, 1.54) is 0 Å². The number of ketones is 1. The summed E-state index contributed by atoms with van der Waals surface area (Å²) in [5, 5.41) is 0. The van der Waals surface area contributed by atoms with Gasteiger partial charge in [0.05, 0.1) is 27.0 Å². The van der Waals surface area contributed by atoms with Crippen molar-refractivity contribution in [3.8, 4) is 17.2 Å². The number of Topliss-reactive ketones (excluding diaryl/α,β-unsaturated/α-hetero) is 1. The van der Waals surface area contributed by atoms with Crippen molar-refractivity contribution in [1.82, 2.24) is 0 Å². The zero-order chi connectivity index (χ0) is 19.3. The minimum absolute atomic E-state index is 0.0550. The van der Waals surface area contributed by atoms with Gasteiger partial charge in [0.15, 0.2) is 5.78 Å². The number of methoxy groups -OCH3 is 3. The molecule has 0 atom stereocenters. The van der Waals surface area contributed by atoms with Gasteiger partial charge < -0.3 is 19.1 Å². The van der Waals surface area contributed by atoms with E-state index in [4.69, 9.17) is 14.2 Å². The van der Waals surface area contributed by atoms with Gasteiger partial charge in [-0.2, -0.15) is 0 Å². The minimum atomic E-state index is -0.0550. The van der Waals surface area contributed by atoms with Crippen molar-refractivity contribution in [2.75, 3.05) is 40.3 Å². The van der Waals surface area contributed by atoms with E-state index in [0.717, 1.165) is 17.0 Å². The molecule has 0 amide bonds. The molecule has 0 saturated carbocycles. The lowest BCUT2D eigenvalue weighted by molar-refractivity contribution is 0.103. The molecule has 26 heavy (non-hydrogen) atoms. The molecule has 0 unspecified atom stereocenters. The van der Waals surface area contributed by atoms with Gasteiger partial charge in [0.1, 0.15) is 17.2 Å². The number of nitrogens with zero attached hydrogens (tertiary/aromatic N) is 1. The van der Waals surface area contributed by atoms with Gasteiger partial charge in [-0.05, 0) is 55.0 Å². The van der Waals surface area contributed by atoms with Gasteiger partial charge in [0.25, 0.3) is 0 Å². The Morgan fingerprint density at radius 2 is 1.58 bits per heavy atom. The van der Waals surface area contributed by atoms with E-state index in [2.05, 4.69) is 0 Å². The highest BCUT2D eigenvalue weighted by Gasteiger charge is 2.14. The number of ether oxygens (including phenoxy) is 3. The summed E-state index contributed by atoms with van der Waals surface area (Å²) >= 11 is 0. The van der Waals surface area contributed by atoms with Crippen molar-refractivity contribution in [1.29, 1.82) is 0 Å². The van der Waals surface area contributed by atoms with Crippen LogP contribution < -0.4 is 19.1 Å². The van der Waals surface area contributed by atoms with E-state index in [0.29, 0.717) is 22.6 Å². The van der Waals surface area contributed by atoms with Gasteiger partial charge in [-0.1, -0.05) is 0 Å². The zero-order valence-corrected chi connectivity index (χ0v) is 16.1. The van der Waals surface area contributed by atoms with E-state index >= 15 is 0 Å². The molecule has 138 valence electrons.